The van der Waals surface area contributed by atoms with E-state index in [1.807, 2.05) is 59.5 Å². The Labute approximate surface area is 210 Å². The van der Waals surface area contributed by atoms with Crippen molar-refractivity contribution in [3.63, 3.8) is 0 Å². The zero-order chi connectivity index (χ0) is 24.2. The number of nitrogens with zero attached hydrogens (tertiary/aromatic N) is 3. The fourth-order valence-electron chi connectivity index (χ4n) is 5.44. The van der Waals surface area contributed by atoms with Gasteiger partial charge in [-0.3, -0.25) is 14.7 Å². The number of carbonyl (C=O) groups is 1. The number of hydrogen-bond acceptors (Lipinski definition) is 4. The van der Waals surface area contributed by atoms with E-state index in [0.717, 1.165) is 43.0 Å². The summed E-state index contributed by atoms with van der Waals surface area (Å²) in [5.41, 5.74) is 2.10. The Morgan fingerprint density at radius 3 is 2.60 bits per heavy atom. The molecular formula is C28H34N4O2S. The maximum absolute atomic E-state index is 13.2. The number of para-hydroxylation sites is 1. The quantitative estimate of drug-likeness (QED) is 0.501. The molecule has 0 spiro atoms. The lowest BCUT2D eigenvalue weighted by atomic mass is 10.0. The number of carbonyl (C=O) groups excluding carboxylic acids is 1. The monoisotopic (exact) mass is 490 g/mol. The summed E-state index contributed by atoms with van der Waals surface area (Å²) in [5, 5.41) is 0.953. The highest BCUT2D eigenvalue weighted by Crippen LogP contribution is 2.28. The van der Waals surface area contributed by atoms with E-state index >= 15 is 0 Å². The Hall–Kier alpha value is -2.77. The van der Waals surface area contributed by atoms with Crippen molar-refractivity contribution in [2.24, 2.45) is 5.92 Å². The first-order chi connectivity index (χ1) is 17.1. The van der Waals surface area contributed by atoms with Gasteiger partial charge in [0.15, 0.2) is 11.0 Å². The van der Waals surface area contributed by atoms with Crippen LogP contribution in [0.1, 0.15) is 49.4 Å². The van der Waals surface area contributed by atoms with E-state index in [4.69, 9.17) is 0 Å². The zero-order valence-corrected chi connectivity index (χ0v) is 21.2. The Bertz CT molecular complexity index is 1190. The van der Waals surface area contributed by atoms with Crippen LogP contribution in [0.15, 0.2) is 65.7 Å². The Balaban J connectivity index is 1.18. The van der Waals surface area contributed by atoms with Gasteiger partial charge in [-0.2, -0.15) is 0 Å². The average Bonchev–Trinajstić information content (AvgIpc) is 3.41. The van der Waals surface area contributed by atoms with Gasteiger partial charge >= 0.3 is 0 Å². The first-order valence-corrected chi connectivity index (χ1v) is 13.9. The maximum atomic E-state index is 13.2. The van der Waals surface area contributed by atoms with E-state index in [2.05, 4.69) is 21.5 Å². The molecule has 1 N–H and O–H groups in total. The number of piperazine rings is 1. The molecule has 1 unspecified atom stereocenters. The molecule has 1 saturated heterocycles. The van der Waals surface area contributed by atoms with Gasteiger partial charge in [0.05, 0.1) is 10.4 Å². The van der Waals surface area contributed by atoms with Crippen LogP contribution < -0.4 is 4.72 Å². The van der Waals surface area contributed by atoms with Crippen LogP contribution in [-0.4, -0.2) is 57.1 Å². The van der Waals surface area contributed by atoms with Crippen molar-refractivity contribution in [2.45, 2.75) is 50.0 Å². The highest BCUT2D eigenvalue weighted by Gasteiger charge is 2.28. The van der Waals surface area contributed by atoms with E-state index in [-0.39, 0.29) is 11.9 Å². The predicted octanol–water partition coefficient (Wildman–Crippen LogP) is 5.10. The zero-order valence-electron chi connectivity index (χ0n) is 20.4. The van der Waals surface area contributed by atoms with Gasteiger partial charge in [0.2, 0.25) is 0 Å². The van der Waals surface area contributed by atoms with Crippen LogP contribution in [0.3, 0.4) is 0 Å². The van der Waals surface area contributed by atoms with Crippen molar-refractivity contribution in [3.05, 3.63) is 66.4 Å². The SMILES string of the molecule is C[C@@H]1CN(CCC2CCCC2)CCN1C(=O)c1ccc(NS(=O)c2cccc3cccnc23)cc1. The number of nitrogens with one attached hydrogen (secondary N) is 1. The summed E-state index contributed by atoms with van der Waals surface area (Å²) in [4.78, 5) is 22.8. The molecule has 1 saturated carbocycles. The molecule has 3 aromatic rings. The molecule has 2 atom stereocenters. The normalized spacial score (nSPS) is 20.3. The van der Waals surface area contributed by atoms with E-state index in [0.29, 0.717) is 16.1 Å². The van der Waals surface area contributed by atoms with E-state index < -0.39 is 11.0 Å². The average molecular weight is 491 g/mol. The predicted molar refractivity (Wildman–Crippen MR) is 142 cm³/mol. The van der Waals surface area contributed by atoms with E-state index in [1.165, 1.54) is 32.1 Å². The van der Waals surface area contributed by atoms with E-state index in [1.54, 1.807) is 6.20 Å². The van der Waals surface area contributed by atoms with Gasteiger partial charge in [0, 0.05) is 48.5 Å². The summed E-state index contributed by atoms with van der Waals surface area (Å²) in [7, 11) is -1.46. The molecule has 7 heteroatoms. The fraction of sp³-hybridized carbons (Fsp3) is 0.429. The van der Waals surface area contributed by atoms with Gasteiger partial charge in [-0.1, -0.05) is 43.9 Å². The summed E-state index contributed by atoms with van der Waals surface area (Å²) in [5.74, 6) is 0.974. The number of rotatable bonds is 7. The minimum atomic E-state index is -1.46. The Morgan fingerprint density at radius 1 is 1.06 bits per heavy atom. The number of benzene rings is 2. The van der Waals surface area contributed by atoms with E-state index in [9.17, 15) is 9.00 Å². The molecule has 35 heavy (non-hydrogen) atoms. The first-order valence-electron chi connectivity index (χ1n) is 12.7. The van der Waals surface area contributed by atoms with Crippen LogP contribution in [0.5, 0.6) is 0 Å². The molecule has 184 valence electrons. The Morgan fingerprint density at radius 2 is 1.83 bits per heavy atom. The number of hydrogen-bond donors (Lipinski definition) is 1. The van der Waals surface area contributed by atoms with Crippen LogP contribution in [0.4, 0.5) is 5.69 Å². The van der Waals surface area contributed by atoms with Crippen LogP contribution in [0.2, 0.25) is 0 Å². The van der Waals surface area contributed by atoms with Crippen LogP contribution >= 0.6 is 0 Å². The van der Waals surface area contributed by atoms with Gasteiger partial charge in [-0.25, -0.2) is 4.21 Å². The van der Waals surface area contributed by atoms with Gasteiger partial charge in [0.1, 0.15) is 0 Å². The summed E-state index contributed by atoms with van der Waals surface area (Å²) in [6, 6.07) is 17.0. The lowest BCUT2D eigenvalue weighted by Crippen LogP contribution is -2.54. The smallest absolute Gasteiger partial charge is 0.254 e. The second-order valence-corrected chi connectivity index (χ2v) is 11.0. The standard InChI is InChI=1S/C28H34N4O2S/c1-21-20-31(17-15-22-6-2-3-7-22)18-19-32(21)28(33)24-11-13-25(14-12-24)30-35(34)26-10-4-8-23-9-5-16-29-27(23)26/h4-5,8-14,16,21-22,30H,2-3,6-7,15,17-20H2,1H3/t21-,35?/m1/s1. The molecule has 2 aromatic carbocycles. The fourth-order valence-corrected chi connectivity index (χ4v) is 6.45. The van der Waals surface area contributed by atoms with Gasteiger partial charge in [-0.15, -0.1) is 0 Å². The molecule has 5 rings (SSSR count). The summed E-state index contributed by atoms with van der Waals surface area (Å²) in [6.45, 7) is 5.96. The molecule has 1 amide bonds. The number of anilines is 1. The van der Waals surface area contributed by atoms with Crippen molar-refractivity contribution in [2.75, 3.05) is 30.9 Å². The number of amides is 1. The van der Waals surface area contributed by atoms with Gasteiger partial charge in [-0.05, 0) is 62.2 Å². The topological polar surface area (TPSA) is 65.5 Å². The first kappa shape index (κ1) is 23.9. The molecule has 1 aliphatic carbocycles. The van der Waals surface area contributed by atoms with Gasteiger partial charge in [0.25, 0.3) is 5.91 Å². The third kappa shape index (κ3) is 5.57. The van der Waals surface area contributed by atoms with Crippen LogP contribution in [-0.2, 0) is 11.0 Å². The van der Waals surface area contributed by atoms with Crippen molar-refractivity contribution < 1.29 is 9.00 Å². The van der Waals surface area contributed by atoms with Crippen LogP contribution in [0, 0.1) is 5.92 Å². The lowest BCUT2D eigenvalue weighted by Gasteiger charge is -2.40. The number of aromatic nitrogens is 1. The molecule has 2 aliphatic rings. The van der Waals surface area contributed by atoms with Crippen molar-refractivity contribution >= 4 is 33.5 Å². The summed E-state index contributed by atoms with van der Waals surface area (Å²) < 4.78 is 16.0. The molecule has 0 bridgehead atoms. The number of pyridine rings is 1. The summed E-state index contributed by atoms with van der Waals surface area (Å²) in [6.07, 6.45) is 8.59. The molecule has 0 radical (unpaired) electrons. The van der Waals surface area contributed by atoms with Crippen LogP contribution in [0.25, 0.3) is 10.9 Å². The van der Waals surface area contributed by atoms with Crippen molar-refractivity contribution in [1.29, 1.82) is 0 Å². The summed E-state index contributed by atoms with van der Waals surface area (Å²) >= 11 is 0. The molecule has 2 fully saturated rings. The molecule has 1 aromatic heterocycles. The van der Waals surface area contributed by atoms with Crippen molar-refractivity contribution in [1.82, 2.24) is 14.8 Å². The maximum Gasteiger partial charge on any atom is 0.254 e. The molecule has 1 aliphatic heterocycles. The van der Waals surface area contributed by atoms with Gasteiger partial charge < -0.3 is 9.62 Å². The highest BCUT2D eigenvalue weighted by molar-refractivity contribution is 7.86. The highest BCUT2D eigenvalue weighted by atomic mass is 32.2. The third-order valence-electron chi connectivity index (χ3n) is 7.44. The third-order valence-corrected chi connectivity index (χ3v) is 8.59. The lowest BCUT2D eigenvalue weighted by molar-refractivity contribution is 0.0480. The molecule has 6 nitrogen and oxygen atoms in total. The number of fused-ring (bicyclic) bond motifs is 1. The second kappa shape index (κ2) is 10.9. The molecular weight excluding hydrogens is 456 g/mol. The Kier molecular flexibility index (Phi) is 7.44. The van der Waals surface area contributed by atoms with Crippen molar-refractivity contribution in [3.8, 4) is 0 Å². The molecule has 2 heterocycles. The minimum Gasteiger partial charge on any atom is -0.333 e. The minimum absolute atomic E-state index is 0.0684. The largest absolute Gasteiger partial charge is 0.333 e. The second-order valence-electron chi connectivity index (χ2n) is 9.87.